The number of ether oxygens (including phenoxy) is 2. The van der Waals surface area contributed by atoms with Gasteiger partial charge in [0.25, 0.3) is 11.1 Å². The first-order valence-corrected chi connectivity index (χ1v) is 9.95. The number of halogens is 3. The lowest BCUT2D eigenvalue weighted by Gasteiger charge is -2.15. The van der Waals surface area contributed by atoms with Crippen LogP contribution in [0.2, 0.25) is 0 Å². The van der Waals surface area contributed by atoms with Gasteiger partial charge in [-0.2, -0.15) is 13.2 Å². The zero-order valence-corrected chi connectivity index (χ0v) is 17.4. The average molecular weight is 466 g/mol. The van der Waals surface area contributed by atoms with Crippen LogP contribution < -0.4 is 15.8 Å². The molecule has 2 aromatic carbocycles. The Balaban J connectivity index is 1.82. The highest BCUT2D eigenvalue weighted by Crippen LogP contribution is 2.39. The predicted octanol–water partition coefficient (Wildman–Crippen LogP) is 3.86. The van der Waals surface area contributed by atoms with E-state index < -0.39 is 40.6 Å². The van der Waals surface area contributed by atoms with Crippen molar-refractivity contribution in [3.8, 4) is 11.5 Å². The average Bonchev–Trinajstić information content (AvgIpc) is 3.05. The van der Waals surface area contributed by atoms with Gasteiger partial charge in [-0.25, -0.2) is 0 Å². The van der Waals surface area contributed by atoms with Crippen molar-refractivity contribution in [3.63, 3.8) is 0 Å². The number of amides is 2. The predicted molar refractivity (Wildman–Crippen MR) is 111 cm³/mol. The fourth-order valence-corrected chi connectivity index (χ4v) is 3.51. The van der Waals surface area contributed by atoms with Gasteiger partial charge in [0.15, 0.2) is 0 Å². The summed E-state index contributed by atoms with van der Waals surface area (Å²) in [5, 5.41) is 1.45. The fraction of sp³-hybridized carbons (Fsp3) is 0.190. The lowest BCUT2D eigenvalue weighted by Crippen LogP contribution is -2.33. The molecule has 168 valence electrons. The molecule has 0 bridgehead atoms. The molecule has 1 aliphatic heterocycles. The number of imide groups is 1. The molecule has 2 aromatic rings. The van der Waals surface area contributed by atoms with Crippen molar-refractivity contribution in [3.05, 3.63) is 64.1 Å². The molecule has 0 spiro atoms. The molecule has 2 amide bonds. The van der Waals surface area contributed by atoms with Crippen molar-refractivity contribution in [2.24, 2.45) is 5.73 Å². The first kappa shape index (κ1) is 23.4. The Bertz CT molecular complexity index is 1080. The number of esters is 1. The summed E-state index contributed by atoms with van der Waals surface area (Å²) in [6.45, 7) is 0. The number of nitrogens with two attached hydrogens (primary N) is 1. The van der Waals surface area contributed by atoms with Crippen LogP contribution in [0.4, 0.5) is 18.0 Å². The third kappa shape index (κ3) is 5.68. The Morgan fingerprint density at radius 1 is 1.19 bits per heavy atom. The van der Waals surface area contributed by atoms with E-state index in [1.165, 1.54) is 31.4 Å². The highest BCUT2D eigenvalue weighted by atomic mass is 32.2. The molecule has 1 aliphatic rings. The van der Waals surface area contributed by atoms with Crippen LogP contribution in [0.1, 0.15) is 16.7 Å². The molecule has 1 heterocycles. The summed E-state index contributed by atoms with van der Waals surface area (Å²) < 4.78 is 50.8. The van der Waals surface area contributed by atoms with E-state index in [4.69, 9.17) is 10.5 Å². The zero-order chi connectivity index (χ0) is 23.5. The lowest BCUT2D eigenvalue weighted by atomic mass is 10.1. The van der Waals surface area contributed by atoms with Gasteiger partial charge in [-0.1, -0.05) is 18.2 Å². The number of alkyl halides is 3. The fourth-order valence-electron chi connectivity index (χ4n) is 2.83. The molecule has 1 atom stereocenters. The number of nitrogens with one attached hydrogen (secondary N) is 1. The zero-order valence-electron chi connectivity index (χ0n) is 16.6. The summed E-state index contributed by atoms with van der Waals surface area (Å²) in [5.74, 6) is -1.53. The number of hydrogen-bond donors (Lipinski definition) is 2. The van der Waals surface area contributed by atoms with Crippen LogP contribution in [0.3, 0.4) is 0 Å². The number of benzene rings is 2. The summed E-state index contributed by atoms with van der Waals surface area (Å²) in [5.41, 5.74) is 5.42. The van der Waals surface area contributed by atoms with Crippen LogP contribution in [0.15, 0.2) is 47.4 Å². The van der Waals surface area contributed by atoms with Crippen molar-refractivity contribution in [1.82, 2.24) is 5.32 Å². The molecule has 32 heavy (non-hydrogen) atoms. The topological polar surface area (TPSA) is 108 Å². The lowest BCUT2D eigenvalue weighted by molar-refractivity contribution is -0.142. The van der Waals surface area contributed by atoms with Crippen molar-refractivity contribution < 1.29 is 37.0 Å². The molecule has 7 nitrogen and oxygen atoms in total. The van der Waals surface area contributed by atoms with E-state index in [0.717, 1.165) is 12.1 Å². The first-order valence-electron chi connectivity index (χ1n) is 9.13. The highest BCUT2D eigenvalue weighted by Gasteiger charge is 2.35. The first-order chi connectivity index (χ1) is 15.1. The van der Waals surface area contributed by atoms with Crippen molar-refractivity contribution in [1.29, 1.82) is 0 Å². The maximum atomic E-state index is 13.6. The Labute approximate surface area is 184 Å². The molecule has 3 rings (SSSR count). The van der Waals surface area contributed by atoms with Gasteiger partial charge in [0.1, 0.15) is 17.5 Å². The summed E-state index contributed by atoms with van der Waals surface area (Å²) in [4.78, 5) is 34.3. The van der Waals surface area contributed by atoms with E-state index in [9.17, 15) is 27.6 Å². The molecule has 0 radical (unpaired) electrons. The Morgan fingerprint density at radius 2 is 1.88 bits per heavy atom. The molecular formula is C21H17F3N2O5S. The van der Waals surface area contributed by atoms with Gasteiger partial charge in [-0.3, -0.25) is 19.7 Å². The Morgan fingerprint density at radius 3 is 2.44 bits per heavy atom. The number of carbonyl (C=O) groups excluding carboxylic acids is 3. The van der Waals surface area contributed by atoms with Crippen LogP contribution in [-0.4, -0.2) is 30.3 Å². The SMILES string of the molecule is COC(=O)C(N)Cc1ccc(Oc2ccc(/C=C3/SC(=O)NC3=O)cc2C(F)(F)F)cc1. The van der Waals surface area contributed by atoms with E-state index >= 15 is 0 Å². The van der Waals surface area contributed by atoms with E-state index in [-0.39, 0.29) is 22.6 Å². The van der Waals surface area contributed by atoms with Gasteiger partial charge in [-0.15, -0.1) is 0 Å². The van der Waals surface area contributed by atoms with Gasteiger partial charge in [-0.05, 0) is 59.7 Å². The smallest absolute Gasteiger partial charge is 0.420 e. The van der Waals surface area contributed by atoms with E-state index in [1.54, 1.807) is 12.1 Å². The van der Waals surface area contributed by atoms with Crippen LogP contribution in [0, 0.1) is 0 Å². The standard InChI is InChI=1S/C21H17F3N2O5S/c1-30-19(28)15(25)9-11-2-5-13(6-3-11)31-16-7-4-12(8-14(16)21(22,23)24)10-17-18(27)26-20(29)32-17/h2-8,10,15H,9,25H2,1H3,(H,26,27,29)/b17-10+. The minimum atomic E-state index is -4.72. The highest BCUT2D eigenvalue weighted by molar-refractivity contribution is 8.18. The van der Waals surface area contributed by atoms with E-state index in [0.29, 0.717) is 17.3 Å². The minimum absolute atomic E-state index is 0.00227. The van der Waals surface area contributed by atoms with Crippen molar-refractivity contribution in [2.75, 3.05) is 7.11 Å². The molecule has 0 saturated carbocycles. The monoisotopic (exact) mass is 466 g/mol. The van der Waals surface area contributed by atoms with Gasteiger partial charge in [0.05, 0.1) is 17.6 Å². The maximum Gasteiger partial charge on any atom is 0.420 e. The molecule has 3 N–H and O–H groups in total. The van der Waals surface area contributed by atoms with E-state index in [2.05, 4.69) is 4.74 Å². The number of rotatable bonds is 6. The van der Waals surface area contributed by atoms with Gasteiger partial charge in [0.2, 0.25) is 0 Å². The van der Waals surface area contributed by atoms with Gasteiger partial charge < -0.3 is 15.2 Å². The summed E-state index contributed by atoms with van der Waals surface area (Å²) in [6.07, 6.45) is -3.33. The van der Waals surface area contributed by atoms with Crippen LogP contribution in [0.5, 0.6) is 11.5 Å². The van der Waals surface area contributed by atoms with Gasteiger partial charge in [0, 0.05) is 0 Å². The minimum Gasteiger partial charge on any atom is -0.468 e. The molecular weight excluding hydrogens is 449 g/mol. The number of hydrogen-bond acceptors (Lipinski definition) is 7. The second kappa shape index (κ2) is 9.45. The number of carbonyl (C=O) groups is 3. The maximum absolute atomic E-state index is 13.6. The molecule has 1 saturated heterocycles. The quantitative estimate of drug-likeness (QED) is 0.492. The molecule has 1 fully saturated rings. The molecule has 1 unspecified atom stereocenters. The van der Waals surface area contributed by atoms with Gasteiger partial charge >= 0.3 is 12.1 Å². The van der Waals surface area contributed by atoms with Crippen LogP contribution in [-0.2, 0) is 26.9 Å². The Kier molecular flexibility index (Phi) is 6.90. The van der Waals surface area contributed by atoms with Crippen molar-refractivity contribution >= 4 is 35.0 Å². The summed E-state index contributed by atoms with van der Waals surface area (Å²) in [7, 11) is 1.22. The van der Waals surface area contributed by atoms with Crippen LogP contribution in [0.25, 0.3) is 6.08 Å². The third-order valence-electron chi connectivity index (χ3n) is 4.36. The molecule has 11 heteroatoms. The molecule has 0 aromatic heterocycles. The van der Waals surface area contributed by atoms with E-state index in [1.807, 2.05) is 5.32 Å². The summed E-state index contributed by atoms with van der Waals surface area (Å²) >= 11 is 0.608. The molecule has 0 aliphatic carbocycles. The normalized spacial score (nSPS) is 16.1. The van der Waals surface area contributed by atoms with Crippen molar-refractivity contribution in [2.45, 2.75) is 18.6 Å². The second-order valence-corrected chi connectivity index (χ2v) is 7.70. The number of thioether (sulfide) groups is 1. The Hall–Kier alpha value is -3.31. The second-order valence-electron chi connectivity index (χ2n) is 6.69. The third-order valence-corrected chi connectivity index (χ3v) is 5.17. The van der Waals surface area contributed by atoms with Crippen LogP contribution >= 0.6 is 11.8 Å². The largest absolute Gasteiger partial charge is 0.468 e. The number of methoxy groups -OCH3 is 1. The summed E-state index contributed by atoms with van der Waals surface area (Å²) in [6, 6.07) is 8.53.